The van der Waals surface area contributed by atoms with Crippen LogP contribution < -0.4 is 5.32 Å². The summed E-state index contributed by atoms with van der Waals surface area (Å²) >= 11 is 1.41. The normalized spacial score (nSPS) is 13.2. The van der Waals surface area contributed by atoms with Crippen molar-refractivity contribution >= 4 is 17.2 Å². The van der Waals surface area contributed by atoms with Crippen molar-refractivity contribution in [3.63, 3.8) is 0 Å². The predicted molar refractivity (Wildman–Crippen MR) is 94.3 cm³/mol. The Balaban J connectivity index is 2.18. The Morgan fingerprint density at radius 3 is 2.17 bits per heavy atom. The smallest absolute Gasteiger partial charge is 0.263 e. The van der Waals surface area contributed by atoms with Crippen LogP contribution in [0.5, 0.6) is 0 Å². The first-order valence-corrected chi connectivity index (χ1v) is 8.76. The average molecular weight is 350 g/mol. The van der Waals surface area contributed by atoms with Gasteiger partial charge in [0.2, 0.25) is 5.89 Å². The molecule has 1 N–H and O–H groups in total. The van der Waals surface area contributed by atoms with Gasteiger partial charge in [-0.2, -0.15) is 4.98 Å². The molecule has 0 fully saturated rings. The number of carbonyl (C=O) groups is 1. The van der Waals surface area contributed by atoms with Gasteiger partial charge >= 0.3 is 0 Å². The minimum absolute atomic E-state index is 0.0754. The van der Waals surface area contributed by atoms with Gasteiger partial charge in [0.15, 0.2) is 5.82 Å². The molecule has 132 valence electrons. The summed E-state index contributed by atoms with van der Waals surface area (Å²) in [7, 11) is 0. The molecule has 0 radical (unpaired) electrons. The highest BCUT2D eigenvalue weighted by Gasteiger charge is 2.32. The lowest BCUT2D eigenvalue weighted by Gasteiger charge is -2.22. The summed E-state index contributed by atoms with van der Waals surface area (Å²) < 4.78 is 5.33. The lowest BCUT2D eigenvalue weighted by Crippen LogP contribution is -2.41. The fraction of sp³-hybridized carbons (Fsp3) is 0.647. The molecule has 1 amide bonds. The van der Waals surface area contributed by atoms with E-state index in [9.17, 15) is 4.79 Å². The fourth-order valence-corrected chi connectivity index (χ4v) is 2.78. The van der Waals surface area contributed by atoms with Crippen molar-refractivity contribution in [2.45, 2.75) is 71.8 Å². The summed E-state index contributed by atoms with van der Waals surface area (Å²) in [5.74, 6) is 0.823. The van der Waals surface area contributed by atoms with E-state index in [1.54, 1.807) is 6.20 Å². The van der Waals surface area contributed by atoms with E-state index in [-0.39, 0.29) is 16.7 Å². The molecule has 7 heteroatoms. The van der Waals surface area contributed by atoms with E-state index in [0.29, 0.717) is 16.6 Å². The van der Waals surface area contributed by atoms with Crippen LogP contribution in [0.15, 0.2) is 10.7 Å². The molecule has 2 aromatic rings. The monoisotopic (exact) mass is 350 g/mol. The van der Waals surface area contributed by atoms with Gasteiger partial charge in [0.05, 0.1) is 16.7 Å². The van der Waals surface area contributed by atoms with E-state index in [0.717, 1.165) is 5.01 Å². The number of carbonyl (C=O) groups excluding carboxylic acids is 1. The molecule has 6 nitrogen and oxygen atoms in total. The topological polar surface area (TPSA) is 80.9 Å². The first kappa shape index (κ1) is 18.6. The molecular formula is C17H26N4O2S. The number of amides is 1. The maximum absolute atomic E-state index is 12.6. The van der Waals surface area contributed by atoms with E-state index in [1.807, 2.05) is 34.6 Å². The molecule has 0 spiro atoms. The summed E-state index contributed by atoms with van der Waals surface area (Å²) in [6, 6.07) is 0. The number of aromatic nitrogens is 3. The Hall–Kier alpha value is -1.76. The van der Waals surface area contributed by atoms with Crippen molar-refractivity contribution in [3.05, 3.63) is 27.8 Å². The maximum atomic E-state index is 12.6. The molecule has 24 heavy (non-hydrogen) atoms. The van der Waals surface area contributed by atoms with Crippen molar-refractivity contribution in [1.29, 1.82) is 0 Å². The quantitative estimate of drug-likeness (QED) is 0.911. The van der Waals surface area contributed by atoms with Gasteiger partial charge in [-0.1, -0.05) is 46.7 Å². The molecule has 0 atom stereocenters. The molecular weight excluding hydrogens is 324 g/mol. The third kappa shape index (κ3) is 4.01. The molecule has 2 aromatic heterocycles. The standard InChI is InChI=1S/C17H26N4O2S/c1-15(2,3)13-19-12(21-23-13)17(7,8)20-11(22)10-9-18-14(24-10)16(4,5)6/h9H,1-8H3,(H,20,22). The first-order valence-electron chi connectivity index (χ1n) is 7.94. The molecule has 0 aliphatic rings. The largest absolute Gasteiger partial charge is 0.339 e. The van der Waals surface area contributed by atoms with E-state index in [2.05, 4.69) is 41.2 Å². The number of thiazole rings is 1. The van der Waals surface area contributed by atoms with Crippen LogP contribution in [0, 0.1) is 0 Å². The molecule has 0 aliphatic carbocycles. The molecule has 0 unspecified atom stereocenters. The zero-order valence-corrected chi connectivity index (χ0v) is 16.5. The van der Waals surface area contributed by atoms with E-state index in [1.165, 1.54) is 11.3 Å². The lowest BCUT2D eigenvalue weighted by atomic mass is 9.97. The number of hydrogen-bond acceptors (Lipinski definition) is 6. The summed E-state index contributed by atoms with van der Waals surface area (Å²) in [6.45, 7) is 15.9. The molecule has 0 bridgehead atoms. The SMILES string of the molecule is CC(C)(C)c1nc(C(C)(C)NC(=O)c2cnc(C(C)(C)C)s2)no1. The highest BCUT2D eigenvalue weighted by molar-refractivity contribution is 7.13. The van der Waals surface area contributed by atoms with E-state index in [4.69, 9.17) is 4.52 Å². The second-order valence-corrected chi connectivity index (χ2v) is 9.56. The predicted octanol–water partition coefficient (Wildman–Crippen LogP) is 3.79. The molecule has 0 aromatic carbocycles. The highest BCUT2D eigenvalue weighted by atomic mass is 32.1. The number of rotatable bonds is 3. The second-order valence-electron chi connectivity index (χ2n) is 8.53. The van der Waals surface area contributed by atoms with Gasteiger partial charge in [0, 0.05) is 10.8 Å². The van der Waals surface area contributed by atoms with E-state index >= 15 is 0 Å². The van der Waals surface area contributed by atoms with Gasteiger partial charge in [0.1, 0.15) is 4.88 Å². The third-order valence-corrected chi connectivity index (χ3v) is 4.85. The molecule has 2 rings (SSSR count). The number of nitrogens with zero attached hydrogens (tertiary/aromatic N) is 3. The summed E-state index contributed by atoms with van der Waals surface area (Å²) in [5, 5.41) is 7.93. The Morgan fingerprint density at radius 1 is 1.08 bits per heavy atom. The molecule has 0 saturated carbocycles. The number of nitrogens with one attached hydrogen (secondary N) is 1. The van der Waals surface area contributed by atoms with Crippen LogP contribution in [0.25, 0.3) is 0 Å². The average Bonchev–Trinajstić information content (AvgIpc) is 3.07. The van der Waals surface area contributed by atoms with Gasteiger partial charge in [-0.25, -0.2) is 4.98 Å². The lowest BCUT2D eigenvalue weighted by molar-refractivity contribution is 0.0911. The van der Waals surface area contributed by atoms with Crippen LogP contribution in [0.4, 0.5) is 0 Å². The maximum Gasteiger partial charge on any atom is 0.263 e. The molecule has 2 heterocycles. The zero-order chi connectivity index (χ0) is 18.3. The van der Waals surface area contributed by atoms with Crippen LogP contribution in [-0.4, -0.2) is 21.0 Å². The Kier molecular flexibility index (Phi) is 4.61. The van der Waals surface area contributed by atoms with Gasteiger partial charge in [0.25, 0.3) is 5.91 Å². The van der Waals surface area contributed by atoms with Gasteiger partial charge in [-0.15, -0.1) is 11.3 Å². The summed E-state index contributed by atoms with van der Waals surface area (Å²) in [4.78, 5) is 21.9. The van der Waals surface area contributed by atoms with Crippen LogP contribution in [0.3, 0.4) is 0 Å². The highest BCUT2D eigenvalue weighted by Crippen LogP contribution is 2.28. The minimum Gasteiger partial charge on any atom is -0.339 e. The number of hydrogen-bond donors (Lipinski definition) is 1. The summed E-state index contributed by atoms with van der Waals surface area (Å²) in [5.41, 5.74) is -1.05. The van der Waals surface area contributed by atoms with Crippen LogP contribution in [0.2, 0.25) is 0 Å². The van der Waals surface area contributed by atoms with E-state index < -0.39 is 5.54 Å². The zero-order valence-electron chi connectivity index (χ0n) is 15.6. The Morgan fingerprint density at radius 2 is 1.71 bits per heavy atom. The van der Waals surface area contributed by atoms with Crippen molar-refractivity contribution in [2.75, 3.05) is 0 Å². The van der Waals surface area contributed by atoms with Crippen LogP contribution >= 0.6 is 11.3 Å². The Bertz CT molecular complexity index is 732. The summed E-state index contributed by atoms with van der Waals surface area (Å²) in [6.07, 6.45) is 1.62. The van der Waals surface area contributed by atoms with Gasteiger partial charge in [-0.3, -0.25) is 4.79 Å². The van der Waals surface area contributed by atoms with Gasteiger partial charge in [-0.05, 0) is 13.8 Å². The third-order valence-electron chi connectivity index (χ3n) is 3.42. The van der Waals surface area contributed by atoms with Crippen molar-refractivity contribution in [1.82, 2.24) is 20.4 Å². The first-order chi connectivity index (χ1) is 10.8. The van der Waals surface area contributed by atoms with Crippen LogP contribution in [-0.2, 0) is 16.4 Å². The minimum atomic E-state index is -0.740. The van der Waals surface area contributed by atoms with Crippen molar-refractivity contribution < 1.29 is 9.32 Å². The second kappa shape index (κ2) is 5.95. The molecule has 0 aliphatic heterocycles. The Labute approximate surface area is 147 Å². The van der Waals surface area contributed by atoms with Crippen molar-refractivity contribution in [2.24, 2.45) is 0 Å². The fourth-order valence-electron chi connectivity index (χ4n) is 1.91. The van der Waals surface area contributed by atoms with Gasteiger partial charge < -0.3 is 9.84 Å². The molecule has 0 saturated heterocycles. The van der Waals surface area contributed by atoms with Crippen molar-refractivity contribution in [3.8, 4) is 0 Å². The van der Waals surface area contributed by atoms with Crippen LogP contribution in [0.1, 0.15) is 81.8 Å².